The van der Waals surface area contributed by atoms with Gasteiger partial charge in [-0.25, -0.2) is 0 Å². The maximum Gasteiger partial charge on any atom is 0.275 e. The molecule has 19 heavy (non-hydrogen) atoms. The monoisotopic (exact) mass is 285 g/mol. The molecule has 0 saturated carbocycles. The summed E-state index contributed by atoms with van der Waals surface area (Å²) in [4.78, 5) is 12.7. The van der Waals surface area contributed by atoms with Crippen molar-refractivity contribution in [3.63, 3.8) is 0 Å². The molecule has 6 heteroatoms. The van der Waals surface area contributed by atoms with Crippen molar-refractivity contribution >= 4 is 17.3 Å². The van der Waals surface area contributed by atoms with Gasteiger partial charge >= 0.3 is 0 Å². The Hall–Kier alpha value is -1.17. The average Bonchev–Trinajstić information content (AvgIpc) is 2.35. The summed E-state index contributed by atoms with van der Waals surface area (Å²) in [5.41, 5.74) is 0.610. The topological polar surface area (TPSA) is 58.4 Å². The normalized spacial score (nSPS) is 11.3. The predicted molar refractivity (Wildman–Crippen MR) is 77.6 cm³/mol. The van der Waals surface area contributed by atoms with Crippen LogP contribution in [0.5, 0.6) is 0 Å². The fraction of sp³-hybridized carbons (Fsp3) is 0.538. The van der Waals surface area contributed by atoms with Crippen molar-refractivity contribution in [2.24, 2.45) is 0 Å². The van der Waals surface area contributed by atoms with Crippen LogP contribution in [0.1, 0.15) is 19.4 Å². The van der Waals surface area contributed by atoms with Gasteiger partial charge in [0.15, 0.2) is 0 Å². The van der Waals surface area contributed by atoms with E-state index in [4.69, 9.17) is 11.6 Å². The molecule has 1 rings (SSSR count). The zero-order chi connectivity index (χ0) is 14.4. The molecule has 0 heterocycles. The molecule has 1 aromatic carbocycles. The number of benzene rings is 1. The van der Waals surface area contributed by atoms with Crippen molar-refractivity contribution in [2.75, 3.05) is 20.1 Å². The van der Waals surface area contributed by atoms with E-state index in [0.29, 0.717) is 23.2 Å². The molecule has 0 spiro atoms. The number of halogens is 1. The van der Waals surface area contributed by atoms with Gasteiger partial charge in [-0.2, -0.15) is 0 Å². The number of nitro benzene ring substituents is 1. The number of rotatable bonds is 7. The molecule has 5 nitrogen and oxygen atoms in total. The summed E-state index contributed by atoms with van der Waals surface area (Å²) in [5.74, 6) is 0. The van der Waals surface area contributed by atoms with Gasteiger partial charge in [0.1, 0.15) is 0 Å². The summed E-state index contributed by atoms with van der Waals surface area (Å²) in [5, 5.41) is 14.5. The molecular weight excluding hydrogens is 266 g/mol. The van der Waals surface area contributed by atoms with Gasteiger partial charge in [0.25, 0.3) is 5.69 Å². The molecule has 1 N–H and O–H groups in total. The van der Waals surface area contributed by atoms with Crippen LogP contribution in [0.2, 0.25) is 5.02 Å². The smallest absolute Gasteiger partial charge is 0.275 e. The van der Waals surface area contributed by atoms with Crippen molar-refractivity contribution in [3.05, 3.63) is 38.9 Å². The second kappa shape index (κ2) is 7.43. The van der Waals surface area contributed by atoms with Gasteiger partial charge in [0.2, 0.25) is 0 Å². The average molecular weight is 286 g/mol. The SMILES string of the molecule is CC(C)N(C)CCNCc1c(Cl)cccc1[N+](=O)[O-]. The third-order valence-corrected chi connectivity index (χ3v) is 3.47. The minimum Gasteiger partial charge on any atom is -0.311 e. The second-order valence-corrected chi connectivity index (χ2v) is 5.15. The van der Waals surface area contributed by atoms with Gasteiger partial charge < -0.3 is 10.2 Å². The molecule has 0 aromatic heterocycles. The van der Waals surface area contributed by atoms with E-state index in [2.05, 4.69) is 24.1 Å². The first kappa shape index (κ1) is 15.9. The standard InChI is InChI=1S/C13H20ClN3O2/c1-10(2)16(3)8-7-15-9-11-12(14)5-4-6-13(11)17(18)19/h4-6,10,15H,7-9H2,1-3H3. The van der Waals surface area contributed by atoms with Crippen LogP contribution in [0, 0.1) is 10.1 Å². The third-order valence-electron chi connectivity index (χ3n) is 3.12. The highest BCUT2D eigenvalue weighted by molar-refractivity contribution is 6.31. The quantitative estimate of drug-likeness (QED) is 0.475. The number of hydrogen-bond donors (Lipinski definition) is 1. The lowest BCUT2D eigenvalue weighted by Gasteiger charge is -2.21. The summed E-state index contributed by atoms with van der Waals surface area (Å²) >= 11 is 6.01. The molecule has 0 aliphatic heterocycles. The van der Waals surface area contributed by atoms with Gasteiger partial charge in [0.05, 0.1) is 15.5 Å². The number of nitrogens with one attached hydrogen (secondary N) is 1. The number of hydrogen-bond acceptors (Lipinski definition) is 4. The summed E-state index contributed by atoms with van der Waals surface area (Å²) < 4.78 is 0. The van der Waals surface area contributed by atoms with Gasteiger partial charge in [-0.15, -0.1) is 0 Å². The van der Waals surface area contributed by atoms with Crippen molar-refractivity contribution in [1.29, 1.82) is 0 Å². The van der Waals surface area contributed by atoms with Crippen LogP contribution in [0.15, 0.2) is 18.2 Å². The van der Waals surface area contributed by atoms with Crippen LogP contribution < -0.4 is 5.32 Å². The lowest BCUT2D eigenvalue weighted by Crippen LogP contribution is -2.33. The molecule has 0 radical (unpaired) electrons. The highest BCUT2D eigenvalue weighted by Crippen LogP contribution is 2.25. The van der Waals surface area contributed by atoms with E-state index in [1.165, 1.54) is 6.07 Å². The van der Waals surface area contributed by atoms with E-state index < -0.39 is 4.92 Å². The minimum absolute atomic E-state index is 0.0669. The van der Waals surface area contributed by atoms with Crippen molar-refractivity contribution < 1.29 is 4.92 Å². The van der Waals surface area contributed by atoms with Gasteiger partial charge in [-0.1, -0.05) is 17.7 Å². The lowest BCUT2D eigenvalue weighted by molar-refractivity contribution is -0.385. The summed E-state index contributed by atoms with van der Waals surface area (Å²) in [7, 11) is 2.05. The molecule has 0 unspecified atom stereocenters. The maximum absolute atomic E-state index is 10.9. The second-order valence-electron chi connectivity index (χ2n) is 4.75. The fourth-order valence-corrected chi connectivity index (χ4v) is 1.86. The minimum atomic E-state index is -0.400. The first-order valence-corrected chi connectivity index (χ1v) is 6.64. The van der Waals surface area contributed by atoms with E-state index in [1.807, 2.05) is 7.05 Å². The van der Waals surface area contributed by atoms with Crippen molar-refractivity contribution in [3.8, 4) is 0 Å². The van der Waals surface area contributed by atoms with E-state index in [1.54, 1.807) is 12.1 Å². The van der Waals surface area contributed by atoms with Crippen LogP contribution >= 0.6 is 11.6 Å². The number of likely N-dealkylation sites (N-methyl/N-ethyl adjacent to an activating group) is 1. The summed E-state index contributed by atoms with van der Waals surface area (Å²) in [6.45, 7) is 6.30. The molecular formula is C13H20ClN3O2. The van der Waals surface area contributed by atoms with Gasteiger partial charge in [-0.3, -0.25) is 10.1 Å². The Morgan fingerprint density at radius 2 is 2.16 bits per heavy atom. The molecule has 0 bridgehead atoms. The Morgan fingerprint density at radius 3 is 2.74 bits per heavy atom. The first-order chi connectivity index (χ1) is 8.93. The molecule has 1 aromatic rings. The van der Waals surface area contributed by atoms with Gasteiger partial charge in [-0.05, 0) is 27.0 Å². The Bertz CT molecular complexity index is 438. The van der Waals surface area contributed by atoms with Crippen LogP contribution in [0.3, 0.4) is 0 Å². The van der Waals surface area contributed by atoms with E-state index in [0.717, 1.165) is 13.1 Å². The molecule has 0 aliphatic carbocycles. The van der Waals surface area contributed by atoms with Crippen molar-refractivity contribution in [2.45, 2.75) is 26.4 Å². The van der Waals surface area contributed by atoms with E-state index in [9.17, 15) is 10.1 Å². The highest BCUT2D eigenvalue weighted by atomic mass is 35.5. The lowest BCUT2D eigenvalue weighted by atomic mass is 10.2. The highest BCUT2D eigenvalue weighted by Gasteiger charge is 2.15. The van der Waals surface area contributed by atoms with Crippen LogP contribution in [0.4, 0.5) is 5.69 Å². The van der Waals surface area contributed by atoms with Crippen molar-refractivity contribution in [1.82, 2.24) is 10.2 Å². The molecule has 0 saturated heterocycles. The number of nitrogens with zero attached hydrogens (tertiary/aromatic N) is 2. The van der Waals surface area contributed by atoms with Crippen LogP contribution in [0.25, 0.3) is 0 Å². The van der Waals surface area contributed by atoms with Crippen LogP contribution in [-0.2, 0) is 6.54 Å². The largest absolute Gasteiger partial charge is 0.311 e. The summed E-state index contributed by atoms with van der Waals surface area (Å²) in [6, 6.07) is 5.22. The Kier molecular flexibility index (Phi) is 6.21. The van der Waals surface area contributed by atoms with Crippen LogP contribution in [-0.4, -0.2) is 36.0 Å². The molecule has 0 fully saturated rings. The number of nitro groups is 1. The molecule has 0 amide bonds. The summed E-state index contributed by atoms with van der Waals surface area (Å²) in [6.07, 6.45) is 0. The molecule has 0 aliphatic rings. The Morgan fingerprint density at radius 1 is 1.47 bits per heavy atom. The Labute approximate surface area is 118 Å². The predicted octanol–water partition coefficient (Wildman–Crippen LogP) is 2.68. The maximum atomic E-state index is 10.9. The van der Waals surface area contributed by atoms with E-state index >= 15 is 0 Å². The molecule has 106 valence electrons. The Balaban J connectivity index is 2.56. The zero-order valence-corrected chi connectivity index (χ0v) is 12.3. The molecule has 0 atom stereocenters. The van der Waals surface area contributed by atoms with E-state index in [-0.39, 0.29) is 5.69 Å². The van der Waals surface area contributed by atoms with Gasteiger partial charge in [0, 0.05) is 31.7 Å². The zero-order valence-electron chi connectivity index (χ0n) is 11.5. The fourth-order valence-electron chi connectivity index (χ4n) is 1.62. The third kappa shape index (κ3) is 4.78. The first-order valence-electron chi connectivity index (χ1n) is 6.26.